The van der Waals surface area contributed by atoms with Crippen LogP contribution in [-0.2, 0) is 9.59 Å². The van der Waals surface area contributed by atoms with Crippen molar-refractivity contribution in [2.45, 2.75) is 25.7 Å². The summed E-state index contributed by atoms with van der Waals surface area (Å²) in [5, 5.41) is 17.3. The Kier molecular flexibility index (Phi) is 7.97. The van der Waals surface area contributed by atoms with Crippen molar-refractivity contribution in [3.8, 4) is 5.75 Å². The highest BCUT2D eigenvalue weighted by atomic mass is 16.6. The predicted octanol–water partition coefficient (Wildman–Crippen LogP) is 2.03. The van der Waals surface area contributed by atoms with Crippen molar-refractivity contribution in [1.29, 1.82) is 0 Å². The van der Waals surface area contributed by atoms with Gasteiger partial charge < -0.3 is 19.8 Å². The first-order chi connectivity index (χ1) is 11.4. The zero-order valence-electron chi connectivity index (χ0n) is 13.0. The molecule has 1 aromatic carbocycles. The largest absolute Gasteiger partial charge is 0.481 e. The molecular formula is C16H19NO7. The molecule has 0 bridgehead atoms. The maximum Gasteiger partial charge on any atom is 0.415 e. The lowest BCUT2D eigenvalue weighted by molar-refractivity contribution is -0.138. The smallest absolute Gasteiger partial charge is 0.415 e. The van der Waals surface area contributed by atoms with Crippen molar-refractivity contribution < 1.29 is 34.1 Å². The molecule has 0 radical (unpaired) electrons. The van der Waals surface area contributed by atoms with Crippen LogP contribution in [0.15, 0.2) is 24.3 Å². The van der Waals surface area contributed by atoms with Gasteiger partial charge in [0.15, 0.2) is 0 Å². The number of carboxylic acids is 2. The maximum atomic E-state index is 12.2. The van der Waals surface area contributed by atoms with E-state index in [0.29, 0.717) is 11.8 Å². The lowest BCUT2D eigenvalue weighted by atomic mass is 10.2. The number of carbonyl (C=O) groups excluding carboxylic acids is 2. The van der Waals surface area contributed by atoms with Crippen molar-refractivity contribution in [3.05, 3.63) is 29.8 Å². The topological polar surface area (TPSA) is 121 Å². The minimum Gasteiger partial charge on any atom is -0.481 e. The number of ether oxygens (including phenoxy) is 1. The third-order valence-electron chi connectivity index (χ3n) is 3.12. The first-order valence-electron chi connectivity index (χ1n) is 7.38. The number of nitrogens with zero attached hydrogens (tertiary/aromatic N) is 1. The van der Waals surface area contributed by atoms with Gasteiger partial charge in [0.1, 0.15) is 12.0 Å². The second kappa shape index (κ2) is 9.98. The molecule has 1 amide bonds. The van der Waals surface area contributed by atoms with Gasteiger partial charge in [-0.15, -0.1) is 0 Å². The zero-order chi connectivity index (χ0) is 17.9. The lowest BCUT2D eigenvalue weighted by Crippen LogP contribution is -2.35. The van der Waals surface area contributed by atoms with Crippen LogP contribution >= 0.6 is 0 Å². The molecule has 8 nitrogen and oxygen atoms in total. The number of carboxylic acid groups (broad SMARTS) is 2. The summed E-state index contributed by atoms with van der Waals surface area (Å²) in [7, 11) is 0. The van der Waals surface area contributed by atoms with Crippen molar-refractivity contribution in [3.63, 3.8) is 0 Å². The van der Waals surface area contributed by atoms with Crippen molar-refractivity contribution in [1.82, 2.24) is 4.90 Å². The number of aldehydes is 1. The Hall–Kier alpha value is -2.90. The van der Waals surface area contributed by atoms with E-state index < -0.39 is 18.0 Å². The monoisotopic (exact) mass is 337 g/mol. The molecule has 2 N–H and O–H groups in total. The van der Waals surface area contributed by atoms with E-state index in [1.54, 1.807) is 0 Å². The van der Waals surface area contributed by atoms with E-state index in [0.717, 1.165) is 0 Å². The fourth-order valence-electron chi connectivity index (χ4n) is 1.92. The van der Waals surface area contributed by atoms with E-state index in [9.17, 15) is 19.2 Å². The van der Waals surface area contributed by atoms with Crippen molar-refractivity contribution in [2.75, 3.05) is 13.1 Å². The van der Waals surface area contributed by atoms with E-state index in [1.807, 2.05) is 0 Å². The van der Waals surface area contributed by atoms with Gasteiger partial charge in [0.2, 0.25) is 0 Å². The summed E-state index contributed by atoms with van der Waals surface area (Å²) in [6, 6.07) is 5.92. The molecule has 0 aliphatic carbocycles. The van der Waals surface area contributed by atoms with E-state index in [2.05, 4.69) is 0 Å². The summed E-state index contributed by atoms with van der Waals surface area (Å²) in [6.45, 7) is 0.300. The number of hydrogen-bond donors (Lipinski definition) is 2. The molecule has 0 aliphatic heterocycles. The molecular weight excluding hydrogens is 318 g/mol. The Morgan fingerprint density at radius 1 is 0.958 bits per heavy atom. The first-order valence-corrected chi connectivity index (χ1v) is 7.38. The summed E-state index contributed by atoms with van der Waals surface area (Å²) in [4.78, 5) is 45.1. The Labute approximate surface area is 138 Å². The Morgan fingerprint density at radius 2 is 1.46 bits per heavy atom. The van der Waals surface area contributed by atoms with Crippen LogP contribution in [0.2, 0.25) is 0 Å². The summed E-state index contributed by atoms with van der Waals surface area (Å²) in [6.07, 6.45) is 0.247. The summed E-state index contributed by atoms with van der Waals surface area (Å²) in [5.41, 5.74) is 0.439. The number of rotatable bonds is 10. The van der Waals surface area contributed by atoms with Crippen LogP contribution in [0.25, 0.3) is 0 Å². The second-order valence-electron chi connectivity index (χ2n) is 5.04. The Morgan fingerprint density at radius 3 is 1.88 bits per heavy atom. The third-order valence-corrected chi connectivity index (χ3v) is 3.12. The number of carbonyl (C=O) groups is 4. The van der Waals surface area contributed by atoms with E-state index in [-0.39, 0.29) is 44.5 Å². The van der Waals surface area contributed by atoms with Gasteiger partial charge in [-0.1, -0.05) is 0 Å². The van der Waals surface area contributed by atoms with Crippen LogP contribution in [0.5, 0.6) is 5.75 Å². The zero-order valence-corrected chi connectivity index (χ0v) is 13.0. The predicted molar refractivity (Wildman–Crippen MR) is 83.2 cm³/mol. The fourth-order valence-corrected chi connectivity index (χ4v) is 1.92. The molecule has 0 fully saturated rings. The fraction of sp³-hybridized carbons (Fsp3) is 0.375. The molecule has 24 heavy (non-hydrogen) atoms. The van der Waals surface area contributed by atoms with Gasteiger partial charge in [-0.05, 0) is 37.1 Å². The van der Waals surface area contributed by atoms with Crippen molar-refractivity contribution in [2.24, 2.45) is 0 Å². The second-order valence-corrected chi connectivity index (χ2v) is 5.04. The SMILES string of the molecule is O=Cc1ccc(OC(=O)N(CCCC(=O)O)CCCC(=O)O)cc1. The van der Waals surface area contributed by atoms with Gasteiger partial charge in [-0.2, -0.15) is 0 Å². The number of hydrogen-bond acceptors (Lipinski definition) is 5. The van der Waals surface area contributed by atoms with E-state index in [4.69, 9.17) is 14.9 Å². The molecule has 0 atom stereocenters. The van der Waals surface area contributed by atoms with E-state index in [1.165, 1.54) is 29.2 Å². The van der Waals surface area contributed by atoms with Gasteiger partial charge in [0.05, 0.1) is 0 Å². The average Bonchev–Trinajstić information content (AvgIpc) is 2.53. The molecule has 0 heterocycles. The molecule has 0 unspecified atom stereocenters. The molecule has 0 aliphatic rings. The van der Waals surface area contributed by atoms with Gasteiger partial charge >= 0.3 is 18.0 Å². The Balaban J connectivity index is 2.63. The number of amides is 1. The highest BCUT2D eigenvalue weighted by Gasteiger charge is 2.16. The lowest BCUT2D eigenvalue weighted by Gasteiger charge is -2.21. The molecule has 0 saturated carbocycles. The Bertz CT molecular complexity index is 563. The van der Waals surface area contributed by atoms with Crippen LogP contribution in [0, 0.1) is 0 Å². The van der Waals surface area contributed by atoms with Crippen LogP contribution in [0.1, 0.15) is 36.0 Å². The molecule has 0 aromatic heterocycles. The van der Waals surface area contributed by atoms with Crippen LogP contribution in [0.4, 0.5) is 4.79 Å². The number of benzene rings is 1. The quantitative estimate of drug-likeness (QED) is 0.626. The van der Waals surface area contributed by atoms with Gasteiger partial charge in [-0.3, -0.25) is 14.4 Å². The van der Waals surface area contributed by atoms with Crippen LogP contribution in [-0.4, -0.2) is 52.5 Å². The highest BCUT2D eigenvalue weighted by molar-refractivity contribution is 5.76. The summed E-state index contributed by atoms with van der Waals surface area (Å²) in [5.74, 6) is -1.70. The maximum absolute atomic E-state index is 12.2. The van der Waals surface area contributed by atoms with Crippen molar-refractivity contribution >= 4 is 24.3 Å². The van der Waals surface area contributed by atoms with Gasteiger partial charge in [0, 0.05) is 31.5 Å². The first kappa shape index (κ1) is 19.1. The van der Waals surface area contributed by atoms with Crippen LogP contribution < -0.4 is 4.74 Å². The van der Waals surface area contributed by atoms with Gasteiger partial charge in [0.25, 0.3) is 0 Å². The molecule has 1 aromatic rings. The molecule has 0 spiro atoms. The van der Waals surface area contributed by atoms with E-state index >= 15 is 0 Å². The summed E-state index contributed by atoms with van der Waals surface area (Å²) >= 11 is 0. The minimum absolute atomic E-state index is 0.100. The van der Waals surface area contributed by atoms with Crippen LogP contribution in [0.3, 0.4) is 0 Å². The standard InChI is InChI=1S/C16H19NO7/c18-11-12-5-7-13(8-6-12)24-16(23)17(9-1-3-14(19)20)10-2-4-15(21)22/h5-8,11H,1-4,9-10H2,(H,19,20)(H,21,22). The normalized spacial score (nSPS) is 10.0. The molecule has 1 rings (SSSR count). The highest BCUT2D eigenvalue weighted by Crippen LogP contribution is 2.13. The third kappa shape index (κ3) is 7.39. The minimum atomic E-state index is -0.974. The molecule has 130 valence electrons. The molecule has 8 heteroatoms. The molecule has 0 saturated heterocycles. The van der Waals surface area contributed by atoms with Gasteiger partial charge in [-0.25, -0.2) is 4.79 Å². The summed E-state index contributed by atoms with van der Waals surface area (Å²) < 4.78 is 5.17. The number of aliphatic carboxylic acids is 2. The average molecular weight is 337 g/mol.